The van der Waals surface area contributed by atoms with Crippen molar-refractivity contribution in [3.63, 3.8) is 0 Å². The molecule has 1 aromatic rings. The lowest BCUT2D eigenvalue weighted by Crippen LogP contribution is -2.28. The number of allylic oxidation sites excluding steroid dienone is 4. The van der Waals surface area contributed by atoms with Crippen LogP contribution in [0.2, 0.25) is 5.28 Å². The van der Waals surface area contributed by atoms with Crippen molar-refractivity contribution < 1.29 is 13.2 Å². The molecule has 2 unspecified atom stereocenters. The average molecular weight is 303 g/mol. The highest BCUT2D eigenvalue weighted by molar-refractivity contribution is 6.28. The molecule has 0 radical (unpaired) electrons. The first-order valence-corrected chi connectivity index (χ1v) is 6.64. The van der Waals surface area contributed by atoms with Gasteiger partial charge >= 0.3 is 0 Å². The van der Waals surface area contributed by atoms with E-state index in [9.17, 15) is 13.2 Å². The lowest BCUT2D eigenvalue weighted by Gasteiger charge is -2.32. The van der Waals surface area contributed by atoms with Gasteiger partial charge in [0, 0.05) is 18.0 Å². The van der Waals surface area contributed by atoms with Crippen LogP contribution in [0.1, 0.15) is 19.5 Å². The van der Waals surface area contributed by atoms with Gasteiger partial charge in [-0.15, -0.1) is 0 Å². The second-order valence-electron chi connectivity index (χ2n) is 5.04. The zero-order valence-electron chi connectivity index (χ0n) is 11.0. The van der Waals surface area contributed by atoms with Crippen LogP contribution in [0.25, 0.3) is 5.57 Å². The van der Waals surface area contributed by atoms with E-state index in [4.69, 9.17) is 11.6 Å². The van der Waals surface area contributed by atoms with Crippen LogP contribution in [-0.4, -0.2) is 16.4 Å². The highest BCUT2D eigenvalue weighted by Gasteiger charge is 2.36. The van der Waals surface area contributed by atoms with Gasteiger partial charge in [-0.2, -0.15) is 0 Å². The van der Waals surface area contributed by atoms with E-state index in [1.807, 2.05) is 13.8 Å². The third kappa shape index (κ3) is 3.03. The molecule has 2 nitrogen and oxygen atoms in total. The van der Waals surface area contributed by atoms with Crippen molar-refractivity contribution in [3.05, 3.63) is 41.2 Å². The third-order valence-corrected chi connectivity index (χ3v) is 3.53. The molecule has 0 aromatic carbocycles. The number of nitrogens with zero attached hydrogens (tertiary/aromatic N) is 2. The third-order valence-electron chi connectivity index (χ3n) is 3.35. The fourth-order valence-corrected chi connectivity index (χ4v) is 2.71. The predicted molar refractivity (Wildman–Crippen MR) is 72.0 cm³/mol. The number of hydrogen-bond donors (Lipinski definition) is 0. The summed E-state index contributed by atoms with van der Waals surface area (Å²) >= 11 is 5.72. The molecule has 2 rings (SSSR count). The van der Waals surface area contributed by atoms with Crippen LogP contribution in [0.15, 0.2) is 30.2 Å². The van der Waals surface area contributed by atoms with Gasteiger partial charge in [-0.3, -0.25) is 0 Å². The first-order chi connectivity index (χ1) is 9.40. The summed E-state index contributed by atoms with van der Waals surface area (Å²) in [7, 11) is 0. The molecule has 20 heavy (non-hydrogen) atoms. The lowest BCUT2D eigenvalue weighted by molar-refractivity contribution is 0.0698. The van der Waals surface area contributed by atoms with E-state index >= 15 is 0 Å². The van der Waals surface area contributed by atoms with Crippen molar-refractivity contribution in [2.75, 3.05) is 0 Å². The van der Waals surface area contributed by atoms with E-state index in [0.29, 0.717) is 11.3 Å². The van der Waals surface area contributed by atoms with Gasteiger partial charge in [-0.05, 0) is 41.3 Å². The molecule has 1 heterocycles. The Morgan fingerprint density at radius 2 is 2.00 bits per heavy atom. The van der Waals surface area contributed by atoms with Crippen LogP contribution < -0.4 is 0 Å². The molecular weight excluding hydrogens is 289 g/mol. The van der Waals surface area contributed by atoms with Gasteiger partial charge in [0.2, 0.25) is 11.7 Å². The first kappa shape index (κ1) is 15.0. The van der Waals surface area contributed by atoms with Crippen LogP contribution in [0, 0.1) is 17.8 Å². The molecule has 0 N–H and O–H groups in total. The summed E-state index contributed by atoms with van der Waals surface area (Å²) in [5.41, 5.74) is 0.826. The zero-order valence-corrected chi connectivity index (χ0v) is 11.8. The molecule has 108 valence electrons. The summed E-state index contributed by atoms with van der Waals surface area (Å²) in [4.78, 5) is 7.75. The van der Waals surface area contributed by atoms with Gasteiger partial charge in [0.05, 0.1) is 5.69 Å². The van der Waals surface area contributed by atoms with E-state index in [0.717, 1.165) is 6.08 Å². The molecule has 0 fully saturated rings. The number of aromatic nitrogens is 2. The Bertz CT molecular complexity index is 555. The molecule has 0 aliphatic heterocycles. The maximum absolute atomic E-state index is 13.6. The minimum Gasteiger partial charge on any atom is -0.226 e. The monoisotopic (exact) mass is 302 g/mol. The second kappa shape index (κ2) is 5.95. The molecule has 0 bridgehead atoms. The number of alkyl halides is 2. The Kier molecular flexibility index (Phi) is 4.48. The standard InChI is InChI=1S/C14H14ClF3N2/c1-7(2)12-9(11-3-4-19-14(15)20-11)5-8(16)6-10(12)13(17)18/h3-7,10,12-13H,1-2H3. The number of rotatable bonds is 3. The molecule has 0 saturated carbocycles. The fourth-order valence-electron chi connectivity index (χ4n) is 2.56. The van der Waals surface area contributed by atoms with Crippen molar-refractivity contribution >= 4 is 17.2 Å². The van der Waals surface area contributed by atoms with Crippen molar-refractivity contribution in [1.29, 1.82) is 0 Å². The van der Waals surface area contributed by atoms with E-state index in [2.05, 4.69) is 9.97 Å². The van der Waals surface area contributed by atoms with Crippen LogP contribution in [0.5, 0.6) is 0 Å². The van der Waals surface area contributed by atoms with Gasteiger partial charge in [0.15, 0.2) is 0 Å². The van der Waals surface area contributed by atoms with Crippen molar-refractivity contribution in [3.8, 4) is 0 Å². The average Bonchev–Trinajstić information content (AvgIpc) is 2.37. The van der Waals surface area contributed by atoms with Gasteiger partial charge in [0.25, 0.3) is 0 Å². The Morgan fingerprint density at radius 3 is 2.55 bits per heavy atom. The van der Waals surface area contributed by atoms with Crippen molar-refractivity contribution in [2.24, 2.45) is 17.8 Å². The molecule has 0 spiro atoms. The summed E-state index contributed by atoms with van der Waals surface area (Å²) < 4.78 is 40.0. The highest BCUT2D eigenvalue weighted by Crippen LogP contribution is 2.42. The molecular formula is C14H14ClF3N2. The summed E-state index contributed by atoms with van der Waals surface area (Å²) in [5, 5.41) is 0.00876. The van der Waals surface area contributed by atoms with E-state index in [-0.39, 0.29) is 11.2 Å². The predicted octanol–water partition coefficient (Wildman–Crippen LogP) is 4.53. The molecule has 0 amide bonds. The largest absolute Gasteiger partial charge is 0.245 e. The molecule has 1 aromatic heterocycles. The maximum atomic E-state index is 13.6. The van der Waals surface area contributed by atoms with Crippen LogP contribution >= 0.6 is 11.6 Å². The second-order valence-corrected chi connectivity index (χ2v) is 5.38. The molecule has 6 heteroatoms. The molecule has 1 aliphatic carbocycles. The van der Waals surface area contributed by atoms with Gasteiger partial charge in [-0.25, -0.2) is 23.1 Å². The Labute approximate surface area is 120 Å². The number of halogens is 4. The van der Waals surface area contributed by atoms with E-state index < -0.39 is 24.1 Å². The number of hydrogen-bond acceptors (Lipinski definition) is 2. The Balaban J connectivity index is 2.50. The Morgan fingerprint density at radius 1 is 1.30 bits per heavy atom. The normalized spacial score (nSPS) is 23.0. The highest BCUT2D eigenvalue weighted by atomic mass is 35.5. The van der Waals surface area contributed by atoms with E-state index in [1.54, 1.807) is 6.07 Å². The Hall–Kier alpha value is -1.36. The summed E-state index contributed by atoms with van der Waals surface area (Å²) in [5.74, 6) is -2.43. The van der Waals surface area contributed by atoms with Gasteiger partial charge in [-0.1, -0.05) is 13.8 Å². The summed E-state index contributed by atoms with van der Waals surface area (Å²) in [6, 6.07) is 1.55. The summed E-state index contributed by atoms with van der Waals surface area (Å²) in [6.45, 7) is 3.65. The van der Waals surface area contributed by atoms with Gasteiger partial charge < -0.3 is 0 Å². The topological polar surface area (TPSA) is 25.8 Å². The van der Waals surface area contributed by atoms with Gasteiger partial charge in [0.1, 0.15) is 5.83 Å². The van der Waals surface area contributed by atoms with Crippen molar-refractivity contribution in [2.45, 2.75) is 20.3 Å². The molecule has 1 aliphatic rings. The van der Waals surface area contributed by atoms with Crippen LogP contribution in [-0.2, 0) is 0 Å². The zero-order chi connectivity index (χ0) is 14.9. The SMILES string of the molecule is CC(C)C1C(c2ccnc(Cl)n2)=CC(F)=CC1C(F)F. The fraction of sp³-hybridized carbons (Fsp3) is 0.429. The van der Waals surface area contributed by atoms with Crippen molar-refractivity contribution in [1.82, 2.24) is 9.97 Å². The van der Waals surface area contributed by atoms with E-state index in [1.165, 1.54) is 12.3 Å². The minimum absolute atomic E-state index is 0.00876. The summed E-state index contributed by atoms with van der Waals surface area (Å²) in [6.07, 6.45) is 1.04. The quantitative estimate of drug-likeness (QED) is 0.766. The first-order valence-electron chi connectivity index (χ1n) is 6.26. The molecule has 2 atom stereocenters. The lowest BCUT2D eigenvalue weighted by atomic mass is 9.74. The van der Waals surface area contributed by atoms with Crippen LogP contribution in [0.4, 0.5) is 13.2 Å². The smallest absolute Gasteiger partial charge is 0.226 e. The maximum Gasteiger partial charge on any atom is 0.245 e. The van der Waals surface area contributed by atoms with Crippen LogP contribution in [0.3, 0.4) is 0 Å². The minimum atomic E-state index is -2.63. The molecule has 0 saturated heterocycles.